The van der Waals surface area contributed by atoms with Gasteiger partial charge in [0.2, 0.25) is 5.91 Å². The number of nitrogens with one attached hydrogen (secondary N) is 2. The summed E-state index contributed by atoms with van der Waals surface area (Å²) in [7, 11) is 0. The minimum absolute atomic E-state index is 0.104. The fourth-order valence-corrected chi connectivity index (χ4v) is 3.50. The van der Waals surface area contributed by atoms with Crippen molar-refractivity contribution in [1.29, 1.82) is 0 Å². The molecule has 13 heteroatoms. The van der Waals surface area contributed by atoms with Crippen LogP contribution in [0.4, 0.5) is 33.7 Å². The Morgan fingerprint density at radius 3 is 2.53 bits per heavy atom. The van der Waals surface area contributed by atoms with E-state index in [0.29, 0.717) is 13.0 Å². The van der Waals surface area contributed by atoms with E-state index in [4.69, 9.17) is 4.74 Å². The first-order valence-corrected chi connectivity index (χ1v) is 10.0. The molecule has 2 saturated heterocycles. The second kappa shape index (κ2) is 10.0. The van der Waals surface area contributed by atoms with Gasteiger partial charge in [0.25, 0.3) is 5.91 Å². The van der Waals surface area contributed by atoms with E-state index in [-0.39, 0.29) is 50.0 Å². The third-order valence-corrected chi connectivity index (χ3v) is 5.09. The number of rotatable bonds is 6. The summed E-state index contributed by atoms with van der Waals surface area (Å²) in [6.45, 7) is 2.16. The first kappa shape index (κ1) is 23.6. The quantitative estimate of drug-likeness (QED) is 0.620. The van der Waals surface area contributed by atoms with Gasteiger partial charge in [-0.3, -0.25) is 19.5 Å². The molecule has 1 atom stereocenters. The Hall–Kier alpha value is -3.09. The van der Waals surface area contributed by atoms with Crippen LogP contribution in [-0.2, 0) is 14.3 Å². The zero-order valence-electron chi connectivity index (χ0n) is 17.2. The van der Waals surface area contributed by atoms with Gasteiger partial charge in [-0.05, 0) is 0 Å². The lowest BCUT2D eigenvalue weighted by Gasteiger charge is -2.25. The van der Waals surface area contributed by atoms with Gasteiger partial charge in [0.05, 0.1) is 25.3 Å². The molecule has 0 aromatic heterocycles. The van der Waals surface area contributed by atoms with Crippen molar-refractivity contribution in [2.75, 3.05) is 49.1 Å². The molecule has 0 aliphatic carbocycles. The number of cyclic esters (lactones) is 1. The van der Waals surface area contributed by atoms with Crippen molar-refractivity contribution in [2.24, 2.45) is 0 Å². The molecule has 3 amide bonds. The molecule has 9 nitrogen and oxygen atoms in total. The number of carbonyl (C=O) groups is 3. The Morgan fingerprint density at radius 1 is 1.22 bits per heavy atom. The second-order valence-electron chi connectivity index (χ2n) is 7.21. The van der Waals surface area contributed by atoms with Crippen molar-refractivity contribution < 1.29 is 36.7 Å². The minimum Gasteiger partial charge on any atom is -0.442 e. The maximum Gasteiger partial charge on any atom is 0.414 e. The van der Waals surface area contributed by atoms with Crippen LogP contribution < -0.4 is 20.5 Å². The molecule has 176 valence electrons. The molecule has 2 aliphatic heterocycles. The van der Waals surface area contributed by atoms with E-state index in [1.165, 1.54) is 9.91 Å². The van der Waals surface area contributed by atoms with Gasteiger partial charge in [-0.2, -0.15) is 8.78 Å². The van der Waals surface area contributed by atoms with Crippen LogP contribution in [0.2, 0.25) is 0 Å². The molecule has 0 spiro atoms. The summed E-state index contributed by atoms with van der Waals surface area (Å²) in [6.07, 6.45) is -4.78. The number of amides is 3. The highest BCUT2D eigenvalue weighted by Crippen LogP contribution is 2.31. The van der Waals surface area contributed by atoms with Gasteiger partial charge in [-0.25, -0.2) is 19.0 Å². The Kier molecular flexibility index (Phi) is 7.38. The monoisotopic (exact) mass is 461 g/mol. The summed E-state index contributed by atoms with van der Waals surface area (Å²) in [4.78, 5) is 37.3. The molecule has 2 N–H and O–H groups in total. The molecule has 2 heterocycles. The molecule has 0 radical (unpaired) electrons. The Balaban J connectivity index is 1.70. The van der Waals surface area contributed by atoms with E-state index >= 15 is 0 Å². The third-order valence-electron chi connectivity index (χ3n) is 5.09. The highest BCUT2D eigenvalue weighted by Gasteiger charge is 2.34. The zero-order chi connectivity index (χ0) is 23.4. The first-order chi connectivity index (χ1) is 15.2. The molecule has 0 unspecified atom stereocenters. The normalized spacial score (nSPS) is 19.2. The fraction of sp³-hybridized carbons (Fsp3) is 0.526. The van der Waals surface area contributed by atoms with Crippen LogP contribution in [0.1, 0.15) is 13.3 Å². The summed E-state index contributed by atoms with van der Waals surface area (Å²) in [6, 6.07) is 1.96. The van der Waals surface area contributed by atoms with E-state index < -0.39 is 36.2 Å². The van der Waals surface area contributed by atoms with Crippen LogP contribution in [0.5, 0.6) is 0 Å². The maximum absolute atomic E-state index is 14.9. The highest BCUT2D eigenvalue weighted by atomic mass is 19.3. The Morgan fingerprint density at radius 2 is 1.91 bits per heavy atom. The van der Waals surface area contributed by atoms with Gasteiger partial charge in [0.15, 0.2) is 11.6 Å². The van der Waals surface area contributed by atoms with E-state index in [9.17, 15) is 31.9 Å². The van der Waals surface area contributed by atoms with Crippen molar-refractivity contribution in [1.82, 2.24) is 15.8 Å². The number of alkyl halides is 2. The zero-order valence-corrected chi connectivity index (χ0v) is 17.2. The average molecular weight is 461 g/mol. The molecule has 32 heavy (non-hydrogen) atoms. The molecule has 0 saturated carbocycles. The molecule has 1 aromatic carbocycles. The minimum atomic E-state index is -3.21. The van der Waals surface area contributed by atoms with Gasteiger partial charge in [-0.1, -0.05) is 6.92 Å². The van der Waals surface area contributed by atoms with Gasteiger partial charge in [0, 0.05) is 38.2 Å². The summed E-state index contributed by atoms with van der Waals surface area (Å²) in [5, 5.41) is 3.35. The highest BCUT2D eigenvalue weighted by molar-refractivity contribution is 5.90. The third kappa shape index (κ3) is 5.21. The number of anilines is 2. The van der Waals surface area contributed by atoms with Gasteiger partial charge < -0.3 is 15.0 Å². The molecule has 2 aliphatic rings. The average Bonchev–Trinajstić information content (AvgIpc) is 2.95. The van der Waals surface area contributed by atoms with Crippen molar-refractivity contribution >= 4 is 29.3 Å². The first-order valence-electron chi connectivity index (χ1n) is 10.0. The number of nitrogens with zero attached hydrogens (tertiary/aromatic N) is 3. The Labute approximate surface area is 181 Å². The Bertz CT molecular complexity index is 864. The predicted octanol–water partition coefficient (Wildman–Crippen LogP) is 1.23. The topological polar surface area (TPSA) is 94.2 Å². The van der Waals surface area contributed by atoms with Crippen LogP contribution in [0, 0.1) is 11.6 Å². The van der Waals surface area contributed by atoms with Crippen LogP contribution in [-0.4, -0.2) is 74.7 Å². The van der Waals surface area contributed by atoms with Crippen molar-refractivity contribution in [3.8, 4) is 0 Å². The standard InChI is InChI=1S/C19H23F4N5O4/c1-2-15(29)28-6-5-26(4-3-25-28)16-13(20)7-11(8-14(16)21)27-10-12(32-19(27)31)9-24-18(30)17(22)23/h7-8,12,17,25H,2-6,9-10H2,1H3,(H,24,30)/t12-/m0/s1. The number of hydrogen-bond donors (Lipinski definition) is 2. The summed E-state index contributed by atoms with van der Waals surface area (Å²) in [5.74, 6) is -3.45. The van der Waals surface area contributed by atoms with Crippen molar-refractivity contribution in [3.63, 3.8) is 0 Å². The smallest absolute Gasteiger partial charge is 0.414 e. The number of halogens is 4. The van der Waals surface area contributed by atoms with Crippen molar-refractivity contribution in [2.45, 2.75) is 25.9 Å². The molecular formula is C19H23F4N5O4. The van der Waals surface area contributed by atoms with Crippen molar-refractivity contribution in [3.05, 3.63) is 23.8 Å². The maximum atomic E-state index is 14.9. The van der Waals surface area contributed by atoms with Crippen LogP contribution in [0.15, 0.2) is 12.1 Å². The van der Waals surface area contributed by atoms with Gasteiger partial charge >= 0.3 is 12.5 Å². The summed E-state index contributed by atoms with van der Waals surface area (Å²) < 4.78 is 59.2. The lowest BCUT2D eigenvalue weighted by atomic mass is 10.2. The predicted molar refractivity (Wildman–Crippen MR) is 105 cm³/mol. The van der Waals surface area contributed by atoms with Crippen LogP contribution in [0.3, 0.4) is 0 Å². The largest absolute Gasteiger partial charge is 0.442 e. The fourth-order valence-electron chi connectivity index (χ4n) is 3.50. The second-order valence-corrected chi connectivity index (χ2v) is 7.21. The lowest BCUT2D eigenvalue weighted by molar-refractivity contribution is -0.133. The van der Waals surface area contributed by atoms with Gasteiger partial charge in [-0.15, -0.1) is 0 Å². The van der Waals surface area contributed by atoms with Crippen LogP contribution in [0.25, 0.3) is 0 Å². The van der Waals surface area contributed by atoms with E-state index in [0.717, 1.165) is 17.0 Å². The summed E-state index contributed by atoms with van der Waals surface area (Å²) in [5.41, 5.74) is 2.53. The molecular weight excluding hydrogens is 438 g/mol. The summed E-state index contributed by atoms with van der Waals surface area (Å²) >= 11 is 0. The molecule has 1 aromatic rings. The molecule has 3 rings (SSSR count). The van der Waals surface area contributed by atoms with E-state index in [1.54, 1.807) is 6.92 Å². The van der Waals surface area contributed by atoms with Crippen LogP contribution >= 0.6 is 0 Å². The molecule has 0 bridgehead atoms. The van der Waals surface area contributed by atoms with E-state index in [1.807, 2.05) is 5.32 Å². The SMILES string of the molecule is CCC(=O)N1CCN(c2c(F)cc(N3C[C@H](CNC(=O)C(F)F)OC3=O)cc2F)CCN1. The number of hydrogen-bond acceptors (Lipinski definition) is 6. The lowest BCUT2D eigenvalue weighted by Crippen LogP contribution is -2.43. The number of ether oxygens (including phenoxy) is 1. The number of carbonyl (C=O) groups excluding carboxylic acids is 3. The molecule has 2 fully saturated rings. The number of hydrazine groups is 1. The number of benzene rings is 1. The van der Waals surface area contributed by atoms with Gasteiger partial charge in [0.1, 0.15) is 11.8 Å². The van der Waals surface area contributed by atoms with E-state index in [2.05, 4.69) is 5.43 Å².